The molecular formula is C44H46Cl3FN6O6S. The van der Waals surface area contributed by atoms with Crippen LogP contribution in [0.1, 0.15) is 61.9 Å². The van der Waals surface area contributed by atoms with E-state index in [-0.39, 0.29) is 65.3 Å². The molecule has 0 atom stereocenters. The third kappa shape index (κ3) is 9.95. The summed E-state index contributed by atoms with van der Waals surface area (Å²) in [4.78, 5) is 22.2. The summed E-state index contributed by atoms with van der Waals surface area (Å²) >= 11 is 19.5. The molecule has 3 aliphatic rings. The van der Waals surface area contributed by atoms with E-state index in [9.17, 15) is 13.2 Å². The molecule has 0 radical (unpaired) electrons. The first-order valence-electron chi connectivity index (χ1n) is 20.2. The lowest BCUT2D eigenvalue weighted by Gasteiger charge is -2.39. The smallest absolute Gasteiger partial charge is 0.268 e. The maximum absolute atomic E-state index is 15.1. The zero-order chi connectivity index (χ0) is 42.9. The van der Waals surface area contributed by atoms with Crippen molar-refractivity contribution >= 4 is 72.9 Å². The number of sulfonamides is 1. The molecule has 0 bridgehead atoms. The maximum Gasteiger partial charge on any atom is 0.268 e. The molecule has 3 aromatic carbocycles. The highest BCUT2D eigenvalue weighted by atomic mass is 35.5. The van der Waals surface area contributed by atoms with Crippen LogP contribution in [0.4, 0.5) is 10.1 Å². The number of nitrogens with one attached hydrogen (secondary N) is 2. The summed E-state index contributed by atoms with van der Waals surface area (Å²) in [6.45, 7) is 8.56. The number of ether oxygens (including phenoxy) is 3. The third-order valence-corrected chi connectivity index (χ3v) is 13.8. The van der Waals surface area contributed by atoms with Crippen molar-refractivity contribution in [3.8, 4) is 17.4 Å². The van der Waals surface area contributed by atoms with Gasteiger partial charge in [-0.25, -0.2) is 22.5 Å². The Hall–Kier alpha value is -4.44. The zero-order valence-corrected chi connectivity index (χ0v) is 36.9. The lowest BCUT2D eigenvalue weighted by Crippen LogP contribution is -2.47. The SMILES string of the molecule is CC1(C)CCC(CN2CCN(c3cc(Oc4cccc5[nH]ncc45)c(C(=O)NS(=O)(=O)c4cnc(OCC5(F)CCOCC5)c(Cl)c4)cc3Cl)CC2)=C(c2ccc(Cl)cc2)C1. The standard InChI is InChI=1S/C44H46Cl3FN6O6S/c1-43(2)11-10-29(33(23-43)28-6-8-30(45)9-7-28)26-53-14-16-54(17-15-53)38-22-40(60-39-5-3-4-37-34(39)25-50-51-37)32(21-35(38)46)41(55)52-61(56,57)31-20-36(47)42(49-24-31)59-27-44(48)12-18-58-19-13-44/h3-9,20-22,24-25H,10-19,23,26-27H2,1-2H3,(H,50,51)(H,52,55). The molecule has 322 valence electrons. The monoisotopic (exact) mass is 910 g/mol. The number of amides is 1. The molecular weight excluding hydrogens is 866 g/mol. The number of allylic oxidation sites excluding steroid dienone is 1. The average Bonchev–Trinajstić information content (AvgIpc) is 3.72. The van der Waals surface area contributed by atoms with Gasteiger partial charge in [0.25, 0.3) is 15.9 Å². The molecule has 1 amide bonds. The number of benzene rings is 3. The Balaban J connectivity index is 1.02. The lowest BCUT2D eigenvalue weighted by atomic mass is 9.72. The number of halogens is 4. The minimum atomic E-state index is -4.53. The molecule has 0 spiro atoms. The van der Waals surface area contributed by atoms with Gasteiger partial charge in [-0.3, -0.25) is 14.8 Å². The van der Waals surface area contributed by atoms with Crippen molar-refractivity contribution in [1.29, 1.82) is 0 Å². The van der Waals surface area contributed by atoms with E-state index in [0.29, 0.717) is 35.4 Å². The quantitative estimate of drug-likeness (QED) is 0.125. The Bertz CT molecular complexity index is 2570. The van der Waals surface area contributed by atoms with Gasteiger partial charge in [0, 0.05) is 69.9 Å². The molecule has 17 heteroatoms. The summed E-state index contributed by atoms with van der Waals surface area (Å²) in [5.41, 5.74) is 3.87. The van der Waals surface area contributed by atoms with Gasteiger partial charge in [0.1, 0.15) is 33.7 Å². The first-order chi connectivity index (χ1) is 29.2. The number of carbonyl (C=O) groups is 1. The molecule has 2 saturated heterocycles. The summed E-state index contributed by atoms with van der Waals surface area (Å²) in [7, 11) is -4.53. The molecule has 2 aromatic heterocycles. The highest BCUT2D eigenvalue weighted by Gasteiger charge is 2.34. The molecule has 0 unspecified atom stereocenters. The molecule has 4 heterocycles. The van der Waals surface area contributed by atoms with Crippen LogP contribution in [0.25, 0.3) is 16.5 Å². The highest BCUT2D eigenvalue weighted by molar-refractivity contribution is 7.90. The van der Waals surface area contributed by atoms with Crippen molar-refractivity contribution in [3.05, 3.63) is 105 Å². The van der Waals surface area contributed by atoms with Crippen LogP contribution in [0.15, 0.2) is 83.5 Å². The van der Waals surface area contributed by atoms with Crippen LogP contribution in [0.3, 0.4) is 0 Å². The number of nitrogens with zero attached hydrogens (tertiary/aromatic N) is 4. The fourth-order valence-corrected chi connectivity index (χ4v) is 9.68. The Morgan fingerprint density at radius 2 is 1.70 bits per heavy atom. The number of hydrogen-bond acceptors (Lipinski definition) is 10. The van der Waals surface area contributed by atoms with E-state index in [1.54, 1.807) is 24.4 Å². The van der Waals surface area contributed by atoms with Crippen LogP contribution in [0, 0.1) is 5.41 Å². The van der Waals surface area contributed by atoms with Gasteiger partial charge in [-0.05, 0) is 72.2 Å². The first-order valence-corrected chi connectivity index (χ1v) is 22.8. The first kappa shape index (κ1) is 43.2. The number of aromatic amines is 1. The number of anilines is 1. The predicted molar refractivity (Wildman–Crippen MR) is 236 cm³/mol. The van der Waals surface area contributed by atoms with Crippen LogP contribution in [0.5, 0.6) is 17.4 Å². The number of piperazine rings is 1. The minimum absolute atomic E-state index is 0.0824. The van der Waals surface area contributed by atoms with Gasteiger partial charge < -0.3 is 19.1 Å². The molecule has 2 N–H and O–H groups in total. The van der Waals surface area contributed by atoms with Gasteiger partial charge in [0.05, 0.1) is 39.6 Å². The zero-order valence-electron chi connectivity index (χ0n) is 33.8. The number of pyridine rings is 1. The number of rotatable bonds is 12. The fraction of sp³-hybridized carbons (Fsp3) is 0.386. The number of H-pyrrole nitrogens is 1. The van der Waals surface area contributed by atoms with Crippen molar-refractivity contribution in [1.82, 2.24) is 24.8 Å². The van der Waals surface area contributed by atoms with Crippen molar-refractivity contribution in [3.63, 3.8) is 0 Å². The van der Waals surface area contributed by atoms with Crippen LogP contribution in [-0.2, 0) is 14.8 Å². The normalized spacial score (nSPS) is 18.3. The summed E-state index contributed by atoms with van der Waals surface area (Å²) in [6.07, 6.45) is 6.05. The highest BCUT2D eigenvalue weighted by Crippen LogP contribution is 2.44. The van der Waals surface area contributed by atoms with E-state index < -0.39 is 26.5 Å². The number of fused-ring (bicyclic) bond motifs is 1. The molecule has 5 aromatic rings. The molecule has 61 heavy (non-hydrogen) atoms. The summed E-state index contributed by atoms with van der Waals surface area (Å²) in [6, 6.07) is 17.6. The fourth-order valence-electron chi connectivity index (χ4n) is 8.05. The van der Waals surface area contributed by atoms with Gasteiger partial charge >= 0.3 is 0 Å². The average molecular weight is 912 g/mol. The Morgan fingerprint density at radius 3 is 2.44 bits per heavy atom. The van der Waals surface area contributed by atoms with E-state index in [1.165, 1.54) is 22.8 Å². The van der Waals surface area contributed by atoms with Crippen LogP contribution >= 0.6 is 34.8 Å². The maximum atomic E-state index is 15.1. The second kappa shape index (κ2) is 17.7. The minimum Gasteiger partial charge on any atom is -0.473 e. The van der Waals surface area contributed by atoms with E-state index in [4.69, 9.17) is 49.0 Å². The Labute approximate surface area is 369 Å². The summed E-state index contributed by atoms with van der Waals surface area (Å²) in [5.74, 6) is -0.660. The number of aromatic nitrogens is 3. The van der Waals surface area contributed by atoms with Gasteiger partial charge in [-0.15, -0.1) is 0 Å². The molecule has 1 aliphatic carbocycles. The topological polar surface area (TPSA) is 139 Å². The summed E-state index contributed by atoms with van der Waals surface area (Å²) in [5, 5.41) is 8.49. The third-order valence-electron chi connectivity index (χ3n) is 11.6. The second-order valence-electron chi connectivity index (χ2n) is 16.6. The largest absolute Gasteiger partial charge is 0.473 e. The number of alkyl halides is 1. The Morgan fingerprint density at radius 1 is 0.951 bits per heavy atom. The molecule has 2 aliphatic heterocycles. The van der Waals surface area contributed by atoms with E-state index in [1.807, 2.05) is 18.2 Å². The van der Waals surface area contributed by atoms with Crippen LogP contribution < -0.4 is 19.1 Å². The second-order valence-corrected chi connectivity index (χ2v) is 19.6. The molecule has 12 nitrogen and oxygen atoms in total. The van der Waals surface area contributed by atoms with Crippen molar-refractivity contribution in [2.75, 3.05) is 57.4 Å². The molecule has 8 rings (SSSR count). The van der Waals surface area contributed by atoms with E-state index in [2.05, 4.69) is 55.7 Å². The predicted octanol–water partition coefficient (Wildman–Crippen LogP) is 9.51. The number of carbonyl (C=O) groups excluding carboxylic acids is 1. The molecule has 2 fully saturated rings. The summed E-state index contributed by atoms with van der Waals surface area (Å²) < 4.78 is 61.6. The van der Waals surface area contributed by atoms with Gasteiger partial charge in [-0.2, -0.15) is 5.10 Å². The van der Waals surface area contributed by atoms with Crippen LogP contribution in [0.2, 0.25) is 15.1 Å². The van der Waals surface area contributed by atoms with Crippen molar-refractivity contribution < 1.29 is 31.8 Å². The van der Waals surface area contributed by atoms with Crippen LogP contribution in [-0.4, -0.2) is 92.6 Å². The van der Waals surface area contributed by atoms with Gasteiger partial charge in [0.15, 0.2) is 0 Å². The van der Waals surface area contributed by atoms with E-state index >= 15 is 4.39 Å². The van der Waals surface area contributed by atoms with Gasteiger partial charge in [-0.1, -0.05) is 72.4 Å². The van der Waals surface area contributed by atoms with E-state index in [0.717, 1.165) is 56.2 Å². The van der Waals surface area contributed by atoms with Gasteiger partial charge in [0.2, 0.25) is 5.88 Å². The molecule has 0 saturated carbocycles. The Kier molecular flexibility index (Phi) is 12.6. The van der Waals surface area contributed by atoms with Crippen molar-refractivity contribution in [2.24, 2.45) is 5.41 Å². The number of hydrogen-bond donors (Lipinski definition) is 2. The van der Waals surface area contributed by atoms with Crippen molar-refractivity contribution in [2.45, 2.75) is 56.5 Å². The lowest BCUT2D eigenvalue weighted by molar-refractivity contribution is -0.0331.